The van der Waals surface area contributed by atoms with Crippen LogP contribution in [0, 0.1) is 5.92 Å². The summed E-state index contributed by atoms with van der Waals surface area (Å²) < 4.78 is 0. The number of aliphatic hydroxyl groups is 1. The van der Waals surface area contributed by atoms with Crippen molar-refractivity contribution in [3.05, 3.63) is 65.5 Å². The molecule has 9 nitrogen and oxygen atoms in total. The van der Waals surface area contributed by atoms with Gasteiger partial charge in [0.1, 0.15) is 12.4 Å². The standard InChI is InChI=1S/C24H27N5O2.CH2O2/c30-13-21-25-19-7-6-16(10-20(19)26-21)23(31)27-22-17-11-28-8-9-29(12-17)15-24(22,14-28)18-4-2-1-3-5-18;2-1-3/h1-7,10,17,22,30H,8-9,11-15H2,(H,25,26)(H,27,31);1H,(H,2,3). The number of fused-ring (bicyclic) bond motifs is 2. The van der Waals surface area contributed by atoms with Crippen molar-refractivity contribution in [1.29, 1.82) is 0 Å². The monoisotopic (exact) mass is 463 g/mol. The van der Waals surface area contributed by atoms with Crippen molar-refractivity contribution in [2.75, 3.05) is 39.3 Å². The third-order valence-electron chi connectivity index (χ3n) is 7.37. The molecule has 1 amide bonds. The number of hydrogen-bond acceptors (Lipinski definition) is 6. The number of carbonyl (C=O) groups excluding carboxylic acids is 1. The molecular weight excluding hydrogens is 434 g/mol. The lowest BCUT2D eigenvalue weighted by molar-refractivity contribution is -0.122. The van der Waals surface area contributed by atoms with E-state index in [9.17, 15) is 9.90 Å². The first kappa shape index (κ1) is 22.5. The molecule has 5 heterocycles. The fourth-order valence-electron chi connectivity index (χ4n) is 6.07. The average molecular weight is 464 g/mol. The third-order valence-corrected chi connectivity index (χ3v) is 7.37. The highest BCUT2D eigenvalue weighted by Gasteiger charge is 2.55. The van der Waals surface area contributed by atoms with Crippen LogP contribution < -0.4 is 5.32 Å². The van der Waals surface area contributed by atoms with Crippen molar-refractivity contribution in [2.24, 2.45) is 5.92 Å². The van der Waals surface area contributed by atoms with Gasteiger partial charge < -0.3 is 30.3 Å². The van der Waals surface area contributed by atoms with E-state index in [0.717, 1.165) is 50.3 Å². The summed E-state index contributed by atoms with van der Waals surface area (Å²) in [5.74, 6) is 0.875. The number of hydrogen-bond donors (Lipinski definition) is 4. The molecule has 9 heteroatoms. The molecule has 2 aromatic carbocycles. The van der Waals surface area contributed by atoms with Crippen molar-refractivity contribution >= 4 is 23.4 Å². The first-order chi connectivity index (χ1) is 16.6. The molecule has 4 saturated heterocycles. The van der Waals surface area contributed by atoms with Gasteiger partial charge in [0.15, 0.2) is 0 Å². The van der Waals surface area contributed by atoms with Crippen molar-refractivity contribution in [3.63, 3.8) is 0 Å². The molecule has 4 fully saturated rings. The number of H-pyrrole nitrogens is 1. The van der Waals surface area contributed by atoms with E-state index in [-0.39, 0.29) is 30.4 Å². The zero-order chi connectivity index (χ0) is 23.7. The number of amides is 1. The highest BCUT2D eigenvalue weighted by Crippen LogP contribution is 2.43. The molecule has 7 rings (SSSR count). The smallest absolute Gasteiger partial charge is 0.290 e. The van der Waals surface area contributed by atoms with Gasteiger partial charge in [0, 0.05) is 62.2 Å². The van der Waals surface area contributed by atoms with Gasteiger partial charge in [0.2, 0.25) is 0 Å². The molecule has 4 aliphatic heterocycles. The number of aliphatic hydroxyl groups excluding tert-OH is 1. The molecule has 0 aliphatic carbocycles. The predicted octanol–water partition coefficient (Wildman–Crippen LogP) is 1.05. The van der Waals surface area contributed by atoms with E-state index in [4.69, 9.17) is 9.90 Å². The normalized spacial score (nSPS) is 29.2. The Balaban J connectivity index is 0.000000764. The Morgan fingerprint density at radius 1 is 1.15 bits per heavy atom. The van der Waals surface area contributed by atoms with E-state index in [1.54, 1.807) is 0 Å². The topological polar surface area (TPSA) is 122 Å². The van der Waals surface area contributed by atoms with Gasteiger partial charge in [-0.3, -0.25) is 9.59 Å². The van der Waals surface area contributed by atoms with Gasteiger partial charge in [-0.05, 0) is 23.8 Å². The zero-order valence-corrected chi connectivity index (χ0v) is 18.9. The summed E-state index contributed by atoms with van der Waals surface area (Å²) in [4.78, 5) is 34.3. The van der Waals surface area contributed by atoms with Crippen LogP contribution in [-0.2, 0) is 16.8 Å². The second-order valence-electron chi connectivity index (χ2n) is 9.38. The van der Waals surface area contributed by atoms with Crippen LogP contribution in [0.3, 0.4) is 0 Å². The molecule has 3 aromatic rings. The summed E-state index contributed by atoms with van der Waals surface area (Å²) in [6.07, 6.45) is 0. The Bertz CT molecular complexity index is 1160. The largest absolute Gasteiger partial charge is 0.483 e. The molecule has 4 bridgehead atoms. The minimum Gasteiger partial charge on any atom is -0.483 e. The van der Waals surface area contributed by atoms with E-state index in [2.05, 4.69) is 55.4 Å². The number of imidazole rings is 1. The maximum absolute atomic E-state index is 13.4. The highest BCUT2D eigenvalue weighted by atomic mass is 16.3. The SMILES string of the molecule is O=C(NC1C2CN3CCN(C2)CC1(c1ccccc1)C3)c1ccc2nc(CO)[nH]c2c1.O=CO. The molecule has 1 aromatic heterocycles. The number of piperidine rings is 2. The Labute approximate surface area is 197 Å². The van der Waals surface area contributed by atoms with E-state index in [0.29, 0.717) is 17.3 Å². The number of benzene rings is 2. The van der Waals surface area contributed by atoms with Crippen LogP contribution in [0.1, 0.15) is 21.7 Å². The fraction of sp³-hybridized carbons (Fsp3) is 0.400. The maximum atomic E-state index is 13.4. The molecule has 34 heavy (non-hydrogen) atoms. The Morgan fingerprint density at radius 2 is 1.82 bits per heavy atom. The summed E-state index contributed by atoms with van der Waals surface area (Å²) in [6.45, 7) is 5.85. The van der Waals surface area contributed by atoms with Crippen LogP contribution in [0.25, 0.3) is 11.0 Å². The van der Waals surface area contributed by atoms with Crippen molar-refractivity contribution in [3.8, 4) is 0 Å². The van der Waals surface area contributed by atoms with Gasteiger partial charge in [-0.25, -0.2) is 4.98 Å². The Morgan fingerprint density at radius 3 is 2.47 bits per heavy atom. The van der Waals surface area contributed by atoms with Gasteiger partial charge in [0.25, 0.3) is 12.4 Å². The molecule has 4 N–H and O–H groups in total. The van der Waals surface area contributed by atoms with E-state index in [1.165, 1.54) is 5.56 Å². The summed E-state index contributed by atoms with van der Waals surface area (Å²) in [5.41, 5.74) is 3.37. The van der Waals surface area contributed by atoms with Crippen LogP contribution in [0.4, 0.5) is 0 Å². The number of nitrogens with zero attached hydrogens (tertiary/aromatic N) is 3. The molecule has 0 spiro atoms. The predicted molar refractivity (Wildman–Crippen MR) is 126 cm³/mol. The number of aromatic amines is 1. The van der Waals surface area contributed by atoms with Gasteiger partial charge >= 0.3 is 0 Å². The van der Waals surface area contributed by atoms with Gasteiger partial charge in [0.05, 0.1) is 11.0 Å². The first-order valence-electron chi connectivity index (χ1n) is 11.5. The van der Waals surface area contributed by atoms with Gasteiger partial charge in [-0.15, -0.1) is 0 Å². The van der Waals surface area contributed by atoms with Crippen LogP contribution in [-0.4, -0.2) is 87.7 Å². The zero-order valence-electron chi connectivity index (χ0n) is 18.9. The van der Waals surface area contributed by atoms with Crippen LogP contribution in [0.2, 0.25) is 0 Å². The minimum absolute atomic E-state index is 0.0431. The third kappa shape index (κ3) is 3.96. The average Bonchev–Trinajstić information content (AvgIpc) is 3.11. The van der Waals surface area contributed by atoms with Crippen LogP contribution >= 0.6 is 0 Å². The van der Waals surface area contributed by atoms with Crippen LogP contribution in [0.15, 0.2) is 48.5 Å². The van der Waals surface area contributed by atoms with E-state index in [1.807, 2.05) is 18.2 Å². The summed E-state index contributed by atoms with van der Waals surface area (Å²) >= 11 is 0. The number of carbonyl (C=O) groups is 2. The second kappa shape index (κ2) is 9.17. The lowest BCUT2D eigenvalue weighted by Crippen LogP contribution is -2.70. The van der Waals surface area contributed by atoms with Crippen molar-refractivity contribution in [2.45, 2.75) is 18.1 Å². The minimum atomic E-state index is -0.250. The quantitative estimate of drug-likeness (QED) is 0.427. The lowest BCUT2D eigenvalue weighted by atomic mass is 9.64. The number of carboxylic acid groups (broad SMARTS) is 1. The fourth-order valence-corrected chi connectivity index (χ4v) is 6.07. The van der Waals surface area contributed by atoms with Crippen molar-refractivity contribution < 1.29 is 19.8 Å². The Hall–Kier alpha value is -3.27. The molecule has 3 unspecified atom stereocenters. The lowest BCUT2D eigenvalue weighted by Gasteiger charge is -2.55. The van der Waals surface area contributed by atoms with Crippen LogP contribution in [0.5, 0.6) is 0 Å². The summed E-state index contributed by atoms with van der Waals surface area (Å²) in [7, 11) is 0. The molecule has 3 atom stereocenters. The highest BCUT2D eigenvalue weighted by molar-refractivity contribution is 5.97. The van der Waals surface area contributed by atoms with E-state index < -0.39 is 0 Å². The molecule has 0 saturated carbocycles. The first-order valence-corrected chi connectivity index (χ1v) is 11.5. The summed E-state index contributed by atoms with van der Waals surface area (Å²) in [5, 5.41) is 19.7. The number of nitrogens with one attached hydrogen (secondary N) is 2. The number of aromatic nitrogens is 2. The van der Waals surface area contributed by atoms with Crippen molar-refractivity contribution in [1.82, 2.24) is 25.1 Å². The Kier molecular flexibility index (Phi) is 6.07. The molecule has 0 radical (unpaired) electrons. The second-order valence-corrected chi connectivity index (χ2v) is 9.38. The molecular formula is C25H29N5O4. The van der Waals surface area contributed by atoms with Gasteiger partial charge in [-0.2, -0.15) is 0 Å². The molecule has 4 aliphatic rings. The van der Waals surface area contributed by atoms with E-state index >= 15 is 0 Å². The molecule has 178 valence electrons. The number of rotatable bonds is 4. The van der Waals surface area contributed by atoms with Gasteiger partial charge in [-0.1, -0.05) is 30.3 Å². The maximum Gasteiger partial charge on any atom is 0.290 e. The summed E-state index contributed by atoms with van der Waals surface area (Å²) in [6, 6.07) is 16.3.